The third kappa shape index (κ3) is 15.1. The number of quaternary nitrogens is 1. The maximum Gasteiger partial charge on any atom is 0.311 e. The number of hydrogen-bond acceptors (Lipinski definition) is 3. The highest BCUT2D eigenvalue weighted by molar-refractivity contribution is 5.70. The van der Waals surface area contributed by atoms with Crippen LogP contribution >= 0.6 is 0 Å². The highest BCUT2D eigenvalue weighted by Gasteiger charge is 2.38. The van der Waals surface area contributed by atoms with Gasteiger partial charge >= 0.3 is 17.9 Å². The van der Waals surface area contributed by atoms with Crippen molar-refractivity contribution in [1.82, 2.24) is 0 Å². The predicted octanol–water partition coefficient (Wildman–Crippen LogP) is 5.83. The molecular formula is C27H50NO6+. The van der Waals surface area contributed by atoms with Crippen molar-refractivity contribution in [1.29, 1.82) is 0 Å². The van der Waals surface area contributed by atoms with Crippen LogP contribution in [0.1, 0.15) is 98.3 Å². The van der Waals surface area contributed by atoms with E-state index < -0.39 is 35.7 Å². The standard InChI is InChI=1S/C27H49NO6/c1-5-6-7-8-9-10-11-12-13-14-15-16-17-18-28(19-22(2)25(29)30,20-23(3)26(31)32)21-24(4)27(33)34/h13-14,22-24H,5-12,15-21H2,1-4H3,(H2-,29,30,31,32,33,34)/p+1/b14-13+. The molecule has 0 aromatic heterocycles. The van der Waals surface area contributed by atoms with Crippen molar-refractivity contribution in [2.24, 2.45) is 17.8 Å². The minimum Gasteiger partial charge on any atom is -0.481 e. The summed E-state index contributed by atoms with van der Waals surface area (Å²) in [6, 6.07) is 0. The van der Waals surface area contributed by atoms with E-state index >= 15 is 0 Å². The Morgan fingerprint density at radius 1 is 0.618 bits per heavy atom. The van der Waals surface area contributed by atoms with Gasteiger partial charge in [-0.15, -0.1) is 0 Å². The topological polar surface area (TPSA) is 112 Å². The van der Waals surface area contributed by atoms with Crippen molar-refractivity contribution in [3.8, 4) is 0 Å². The average molecular weight is 485 g/mol. The molecule has 0 aliphatic rings. The number of carbonyl (C=O) groups is 3. The van der Waals surface area contributed by atoms with Gasteiger partial charge in [0.05, 0.1) is 26.2 Å². The second-order valence-corrected chi connectivity index (χ2v) is 10.2. The lowest BCUT2D eigenvalue weighted by Gasteiger charge is -2.42. The summed E-state index contributed by atoms with van der Waals surface area (Å²) in [6.07, 6.45) is 17.3. The molecule has 0 aromatic rings. The molecular weight excluding hydrogens is 434 g/mol. The van der Waals surface area contributed by atoms with Crippen molar-refractivity contribution in [2.75, 3.05) is 26.2 Å². The Bertz CT molecular complexity index is 563. The third-order valence-electron chi connectivity index (χ3n) is 6.64. The molecule has 7 heteroatoms. The monoisotopic (exact) mass is 484 g/mol. The molecule has 0 radical (unpaired) electrons. The van der Waals surface area contributed by atoms with Gasteiger partial charge in [0.2, 0.25) is 0 Å². The molecule has 3 atom stereocenters. The molecule has 0 aliphatic carbocycles. The maximum absolute atomic E-state index is 11.6. The number of carboxylic acid groups (broad SMARTS) is 3. The molecule has 0 aliphatic heterocycles. The summed E-state index contributed by atoms with van der Waals surface area (Å²) in [6.45, 7) is 8.35. The third-order valence-corrected chi connectivity index (χ3v) is 6.64. The number of hydrogen-bond donors (Lipinski definition) is 3. The van der Waals surface area contributed by atoms with E-state index in [9.17, 15) is 29.7 Å². The van der Waals surface area contributed by atoms with Gasteiger partial charge in [0.15, 0.2) is 0 Å². The first-order chi connectivity index (χ1) is 16.0. The summed E-state index contributed by atoms with van der Waals surface area (Å²) in [5.41, 5.74) is 0. The first kappa shape index (κ1) is 32.1. The number of aliphatic carboxylic acids is 3. The van der Waals surface area contributed by atoms with Gasteiger partial charge in [0, 0.05) is 0 Å². The lowest BCUT2D eigenvalue weighted by atomic mass is 10.0. The van der Waals surface area contributed by atoms with Gasteiger partial charge in [-0.05, 0) is 52.9 Å². The lowest BCUT2D eigenvalue weighted by molar-refractivity contribution is -0.934. The molecule has 0 amide bonds. The highest BCUT2D eigenvalue weighted by atomic mass is 16.4. The zero-order chi connectivity index (χ0) is 26.0. The second kappa shape index (κ2) is 18.4. The summed E-state index contributed by atoms with van der Waals surface area (Å²) in [5.74, 6) is -4.86. The first-order valence-corrected chi connectivity index (χ1v) is 13.2. The summed E-state index contributed by atoms with van der Waals surface area (Å²) in [4.78, 5) is 34.7. The molecule has 0 saturated carbocycles. The Hall–Kier alpha value is -1.89. The first-order valence-electron chi connectivity index (χ1n) is 13.2. The van der Waals surface area contributed by atoms with E-state index in [1.54, 1.807) is 20.8 Å². The van der Waals surface area contributed by atoms with Gasteiger partial charge in [-0.3, -0.25) is 14.4 Å². The van der Waals surface area contributed by atoms with Crippen LogP contribution in [0.15, 0.2) is 12.2 Å². The minimum absolute atomic E-state index is 0.205. The van der Waals surface area contributed by atoms with Gasteiger partial charge < -0.3 is 19.8 Å². The predicted molar refractivity (Wildman–Crippen MR) is 136 cm³/mol. The van der Waals surface area contributed by atoms with Gasteiger partial charge in [-0.1, -0.05) is 57.6 Å². The zero-order valence-corrected chi connectivity index (χ0v) is 22.0. The number of nitrogens with zero attached hydrogens (tertiary/aromatic N) is 1. The van der Waals surface area contributed by atoms with Crippen LogP contribution in [0.4, 0.5) is 0 Å². The molecule has 0 bridgehead atoms. The summed E-state index contributed by atoms with van der Waals surface area (Å²) >= 11 is 0. The van der Waals surface area contributed by atoms with Crippen molar-refractivity contribution >= 4 is 17.9 Å². The molecule has 0 heterocycles. The molecule has 0 saturated heterocycles. The highest BCUT2D eigenvalue weighted by Crippen LogP contribution is 2.22. The Kier molecular flexibility index (Phi) is 17.4. The Morgan fingerprint density at radius 2 is 0.971 bits per heavy atom. The fourth-order valence-corrected chi connectivity index (χ4v) is 4.64. The summed E-state index contributed by atoms with van der Waals surface area (Å²) in [7, 11) is 0. The average Bonchev–Trinajstić information content (AvgIpc) is 2.76. The van der Waals surface area contributed by atoms with Crippen LogP contribution in [0.2, 0.25) is 0 Å². The van der Waals surface area contributed by atoms with Crippen LogP contribution in [-0.2, 0) is 14.4 Å². The fraction of sp³-hybridized carbons (Fsp3) is 0.815. The van der Waals surface area contributed by atoms with Crippen molar-refractivity contribution in [3.05, 3.63) is 12.2 Å². The molecule has 0 spiro atoms. The largest absolute Gasteiger partial charge is 0.481 e. The van der Waals surface area contributed by atoms with E-state index in [0.29, 0.717) is 6.54 Å². The van der Waals surface area contributed by atoms with E-state index in [1.807, 2.05) is 0 Å². The fourth-order valence-electron chi connectivity index (χ4n) is 4.64. The molecule has 0 fully saturated rings. The molecule has 3 unspecified atom stereocenters. The van der Waals surface area contributed by atoms with Gasteiger partial charge in [-0.25, -0.2) is 0 Å². The van der Waals surface area contributed by atoms with Crippen LogP contribution < -0.4 is 0 Å². The van der Waals surface area contributed by atoms with E-state index in [0.717, 1.165) is 25.7 Å². The molecule has 198 valence electrons. The van der Waals surface area contributed by atoms with Gasteiger partial charge in [0.25, 0.3) is 0 Å². The number of unbranched alkanes of at least 4 members (excludes halogenated alkanes) is 9. The normalized spacial score (nSPS) is 16.1. The van der Waals surface area contributed by atoms with Crippen LogP contribution in [0.5, 0.6) is 0 Å². The summed E-state index contributed by atoms with van der Waals surface area (Å²) < 4.78 is 0.205. The number of rotatable bonds is 22. The Balaban J connectivity index is 4.82. The summed E-state index contributed by atoms with van der Waals surface area (Å²) in [5, 5.41) is 28.4. The van der Waals surface area contributed by atoms with E-state index in [4.69, 9.17) is 0 Å². The molecule has 7 nitrogen and oxygen atoms in total. The SMILES string of the molecule is CCCCCCCCC/C=C/CCCC[N+](CC(C)C(=O)O)(CC(C)C(=O)O)CC(C)C(=O)O. The quantitative estimate of drug-likeness (QED) is 0.101. The van der Waals surface area contributed by atoms with Crippen LogP contribution in [0, 0.1) is 17.8 Å². The lowest BCUT2D eigenvalue weighted by Crippen LogP contribution is -2.57. The molecule has 3 N–H and O–H groups in total. The Labute approximate surface area is 206 Å². The van der Waals surface area contributed by atoms with Crippen LogP contribution in [-0.4, -0.2) is 63.9 Å². The number of allylic oxidation sites excluding steroid dienone is 2. The Morgan fingerprint density at radius 3 is 1.35 bits per heavy atom. The van der Waals surface area contributed by atoms with E-state index in [2.05, 4.69) is 19.1 Å². The number of carboxylic acids is 3. The smallest absolute Gasteiger partial charge is 0.311 e. The molecule has 0 rings (SSSR count). The van der Waals surface area contributed by atoms with Crippen LogP contribution in [0.25, 0.3) is 0 Å². The van der Waals surface area contributed by atoms with E-state index in [-0.39, 0.29) is 24.1 Å². The minimum atomic E-state index is -0.943. The molecule has 34 heavy (non-hydrogen) atoms. The molecule has 0 aromatic carbocycles. The van der Waals surface area contributed by atoms with E-state index in [1.165, 1.54) is 44.9 Å². The van der Waals surface area contributed by atoms with Crippen molar-refractivity contribution in [2.45, 2.75) is 98.3 Å². The van der Waals surface area contributed by atoms with Crippen molar-refractivity contribution < 1.29 is 34.2 Å². The van der Waals surface area contributed by atoms with Gasteiger partial charge in [-0.2, -0.15) is 0 Å². The van der Waals surface area contributed by atoms with Gasteiger partial charge in [0.1, 0.15) is 17.8 Å². The second-order valence-electron chi connectivity index (χ2n) is 10.2. The van der Waals surface area contributed by atoms with Crippen molar-refractivity contribution in [3.63, 3.8) is 0 Å². The zero-order valence-electron chi connectivity index (χ0n) is 22.0. The van der Waals surface area contributed by atoms with Crippen LogP contribution in [0.3, 0.4) is 0 Å². The maximum atomic E-state index is 11.6.